The van der Waals surface area contributed by atoms with E-state index in [0.29, 0.717) is 0 Å². The predicted molar refractivity (Wildman–Crippen MR) is 334 cm³/mol. The van der Waals surface area contributed by atoms with Gasteiger partial charge in [-0.1, -0.05) is 241 Å². The van der Waals surface area contributed by atoms with Crippen molar-refractivity contribution in [2.45, 2.75) is 105 Å². The van der Waals surface area contributed by atoms with Gasteiger partial charge in [0, 0.05) is 16.3 Å². The van der Waals surface area contributed by atoms with Crippen molar-refractivity contribution < 1.29 is 0 Å². The first-order valence-electron chi connectivity index (χ1n) is 27.6. The summed E-state index contributed by atoms with van der Waals surface area (Å²) in [6.45, 7) is 27.5. The zero-order valence-electron chi connectivity index (χ0n) is 47.3. The van der Waals surface area contributed by atoms with Gasteiger partial charge in [-0.05, 0) is 183 Å². The SMILES string of the molecule is CC(C)(C)c1ccc(-c2cc(-c3ccc(C(C)(C)C)cc3)cc(-c3ccc4c(c3)c3cc(-c5cc(-c6ccc(C(C)(C)C)cc6)cc(-c6cccc(C(C)(C)C)c6)c5)ccc3n4-c3ccccc3-c3ccccc3)c2)cc1. The number of rotatable bonds is 8. The van der Waals surface area contributed by atoms with E-state index in [-0.39, 0.29) is 21.7 Å². The Balaban J connectivity index is 1.14. The molecule has 0 aliphatic rings. The van der Waals surface area contributed by atoms with Crippen LogP contribution < -0.4 is 0 Å². The fourth-order valence-corrected chi connectivity index (χ4v) is 11.1. The molecule has 0 spiro atoms. The predicted octanol–water partition coefficient (Wildman–Crippen LogP) is 21.6. The summed E-state index contributed by atoms with van der Waals surface area (Å²) in [5.74, 6) is 0. The maximum atomic E-state index is 2.49. The van der Waals surface area contributed by atoms with Crippen molar-refractivity contribution in [3.05, 3.63) is 247 Å². The average Bonchev–Trinajstić information content (AvgIpc) is 3.75. The molecule has 0 fully saturated rings. The van der Waals surface area contributed by atoms with Gasteiger partial charge in [-0.3, -0.25) is 0 Å². The van der Waals surface area contributed by atoms with Crippen LogP contribution in [-0.2, 0) is 21.7 Å². The van der Waals surface area contributed by atoms with Gasteiger partial charge in [0.05, 0.1) is 16.7 Å². The molecule has 10 aromatic carbocycles. The third-order valence-corrected chi connectivity index (χ3v) is 15.8. The van der Waals surface area contributed by atoms with Gasteiger partial charge in [0.25, 0.3) is 0 Å². The van der Waals surface area contributed by atoms with Crippen LogP contribution in [0.25, 0.3) is 105 Å². The van der Waals surface area contributed by atoms with Crippen LogP contribution >= 0.6 is 0 Å². The van der Waals surface area contributed by atoms with Crippen molar-refractivity contribution in [3.8, 4) is 83.6 Å². The van der Waals surface area contributed by atoms with Crippen LogP contribution in [0.4, 0.5) is 0 Å². The third-order valence-electron chi connectivity index (χ3n) is 15.8. The van der Waals surface area contributed by atoms with Crippen molar-refractivity contribution in [3.63, 3.8) is 0 Å². The maximum Gasteiger partial charge on any atom is 0.0541 e. The van der Waals surface area contributed by atoms with Gasteiger partial charge in [0.1, 0.15) is 0 Å². The lowest BCUT2D eigenvalue weighted by Gasteiger charge is -2.21. The summed E-state index contributed by atoms with van der Waals surface area (Å²) >= 11 is 0. The van der Waals surface area contributed by atoms with E-state index in [0.717, 1.165) is 5.69 Å². The standard InChI is InChI=1S/C76H73N/c1-73(2,3)63-33-25-50(26-34-63)57-41-58(51-27-35-64(36-28-51)74(4,5)6)44-61(43-57)55-31-39-71-68(48-55)69-49-56(32-40-72(69)77(71)70-24-17-16-23-67(70)53-19-14-13-15-20-53)62-45-59(52-29-37-65(38-30-52)75(7,8)9)42-60(46-62)54-21-18-22-66(47-54)76(10,11)12/h13-49H,1-12H3. The van der Waals surface area contributed by atoms with Crippen LogP contribution in [0.15, 0.2) is 224 Å². The van der Waals surface area contributed by atoms with Crippen molar-refractivity contribution >= 4 is 21.8 Å². The van der Waals surface area contributed by atoms with E-state index < -0.39 is 0 Å². The molecule has 0 saturated carbocycles. The summed E-state index contributed by atoms with van der Waals surface area (Å²) < 4.78 is 2.49. The Morgan fingerprint density at radius 3 is 0.935 bits per heavy atom. The Bertz CT molecular complexity index is 3870. The van der Waals surface area contributed by atoms with Crippen LogP contribution in [0.3, 0.4) is 0 Å². The minimum atomic E-state index is 0.0226. The molecule has 0 unspecified atom stereocenters. The maximum absolute atomic E-state index is 2.49. The molecule has 0 atom stereocenters. The highest BCUT2D eigenvalue weighted by Crippen LogP contribution is 2.43. The van der Waals surface area contributed by atoms with Gasteiger partial charge in [-0.25, -0.2) is 0 Å². The van der Waals surface area contributed by atoms with Gasteiger partial charge in [-0.15, -0.1) is 0 Å². The lowest BCUT2D eigenvalue weighted by atomic mass is 9.84. The molecule has 1 heterocycles. The Morgan fingerprint density at radius 1 is 0.221 bits per heavy atom. The summed E-state index contributed by atoms with van der Waals surface area (Å²) in [7, 11) is 0. The van der Waals surface area contributed by atoms with Crippen molar-refractivity contribution in [1.82, 2.24) is 4.57 Å². The number of hydrogen-bond acceptors (Lipinski definition) is 0. The Morgan fingerprint density at radius 2 is 0.545 bits per heavy atom. The number of nitrogens with zero attached hydrogens (tertiary/aromatic N) is 1. The van der Waals surface area contributed by atoms with Crippen LogP contribution in [-0.4, -0.2) is 4.57 Å². The third kappa shape index (κ3) is 10.4. The van der Waals surface area contributed by atoms with Gasteiger partial charge in [0.2, 0.25) is 0 Å². The van der Waals surface area contributed by atoms with E-state index in [1.54, 1.807) is 0 Å². The largest absolute Gasteiger partial charge is 0.309 e. The molecule has 0 bridgehead atoms. The topological polar surface area (TPSA) is 4.93 Å². The highest BCUT2D eigenvalue weighted by Gasteiger charge is 2.22. The quantitative estimate of drug-likeness (QED) is 0.143. The smallest absolute Gasteiger partial charge is 0.0541 e. The first-order chi connectivity index (χ1) is 36.7. The first-order valence-corrected chi connectivity index (χ1v) is 27.6. The summed E-state index contributed by atoms with van der Waals surface area (Å²) in [4.78, 5) is 0. The van der Waals surface area contributed by atoms with E-state index in [4.69, 9.17) is 0 Å². The molecule has 77 heavy (non-hydrogen) atoms. The lowest BCUT2D eigenvalue weighted by Crippen LogP contribution is -2.10. The van der Waals surface area contributed by atoms with E-state index >= 15 is 0 Å². The summed E-state index contributed by atoms with van der Waals surface area (Å²) in [6.07, 6.45) is 0. The van der Waals surface area contributed by atoms with Crippen molar-refractivity contribution in [2.24, 2.45) is 0 Å². The number of para-hydroxylation sites is 1. The molecule has 1 nitrogen and oxygen atoms in total. The number of hydrogen-bond donors (Lipinski definition) is 0. The molecule has 0 amide bonds. The molecule has 0 N–H and O–H groups in total. The molecular formula is C76H73N. The average molecular weight is 1000 g/mol. The zero-order valence-corrected chi connectivity index (χ0v) is 47.3. The molecule has 0 aliphatic heterocycles. The van der Waals surface area contributed by atoms with Crippen molar-refractivity contribution in [1.29, 1.82) is 0 Å². The molecule has 0 saturated heterocycles. The molecule has 0 radical (unpaired) electrons. The fourth-order valence-electron chi connectivity index (χ4n) is 11.1. The second kappa shape index (κ2) is 19.5. The van der Waals surface area contributed by atoms with E-state index in [1.165, 1.54) is 122 Å². The number of aromatic nitrogens is 1. The zero-order chi connectivity index (χ0) is 54.0. The molecule has 11 aromatic rings. The normalized spacial score (nSPS) is 12.4. The minimum Gasteiger partial charge on any atom is -0.309 e. The van der Waals surface area contributed by atoms with Gasteiger partial charge < -0.3 is 4.57 Å². The Labute approximate surface area is 459 Å². The summed E-state index contributed by atoms with van der Waals surface area (Å²) in [5, 5.41) is 2.43. The van der Waals surface area contributed by atoms with Crippen LogP contribution in [0.5, 0.6) is 0 Å². The molecule has 0 aliphatic carbocycles. The minimum absolute atomic E-state index is 0.0226. The second-order valence-corrected chi connectivity index (χ2v) is 25.6. The Hall–Kier alpha value is -8.00. The lowest BCUT2D eigenvalue weighted by molar-refractivity contribution is 0.590. The van der Waals surface area contributed by atoms with Gasteiger partial charge in [0.15, 0.2) is 0 Å². The van der Waals surface area contributed by atoms with Crippen LogP contribution in [0.1, 0.15) is 105 Å². The van der Waals surface area contributed by atoms with Crippen LogP contribution in [0.2, 0.25) is 0 Å². The van der Waals surface area contributed by atoms with Crippen molar-refractivity contribution in [2.75, 3.05) is 0 Å². The van der Waals surface area contributed by atoms with Gasteiger partial charge in [-0.2, -0.15) is 0 Å². The monoisotopic (exact) mass is 1000 g/mol. The van der Waals surface area contributed by atoms with E-state index in [1.807, 2.05) is 0 Å². The Kier molecular flexibility index (Phi) is 13.0. The molecular weight excluding hydrogens is 927 g/mol. The number of benzene rings is 10. The number of fused-ring (bicyclic) bond motifs is 3. The van der Waals surface area contributed by atoms with Gasteiger partial charge >= 0.3 is 0 Å². The summed E-state index contributed by atoms with van der Waals surface area (Å²) in [5.41, 5.74) is 25.9. The molecule has 1 aromatic heterocycles. The second-order valence-electron chi connectivity index (χ2n) is 25.6. The van der Waals surface area contributed by atoms with Crippen LogP contribution in [0, 0.1) is 0 Å². The molecule has 11 rings (SSSR count). The molecule has 1 heteroatoms. The van der Waals surface area contributed by atoms with E-state index in [2.05, 4.69) is 312 Å². The highest BCUT2D eigenvalue weighted by atomic mass is 15.0. The fraction of sp³-hybridized carbons (Fsp3) is 0.211. The van der Waals surface area contributed by atoms with E-state index in [9.17, 15) is 0 Å². The highest BCUT2D eigenvalue weighted by molar-refractivity contribution is 6.12. The molecule has 382 valence electrons. The first kappa shape index (κ1) is 51.1. The summed E-state index contributed by atoms with van der Waals surface area (Å²) in [6, 6.07) is 85.1.